The van der Waals surface area contributed by atoms with Gasteiger partial charge >= 0.3 is 0 Å². The van der Waals surface area contributed by atoms with E-state index >= 15 is 0 Å². The summed E-state index contributed by atoms with van der Waals surface area (Å²) in [6, 6.07) is 3.03. The van der Waals surface area contributed by atoms with Gasteiger partial charge in [-0.25, -0.2) is 0 Å². The van der Waals surface area contributed by atoms with E-state index in [-0.39, 0.29) is 23.7 Å². The van der Waals surface area contributed by atoms with Crippen LogP contribution in [0.3, 0.4) is 0 Å². The number of hydrogen-bond donors (Lipinski definition) is 3. The molecule has 0 aliphatic heterocycles. The number of amides is 1. The molecule has 0 fully saturated rings. The quantitative estimate of drug-likeness (QED) is 0.661. The van der Waals surface area contributed by atoms with Gasteiger partial charge in [0.05, 0.1) is 25.9 Å². The fraction of sp³-hybridized carbons (Fsp3) is 0.417. The zero-order chi connectivity index (χ0) is 13.7. The van der Waals surface area contributed by atoms with Gasteiger partial charge in [-0.1, -0.05) is 0 Å². The maximum atomic E-state index is 11.8. The molecular formula is C12H18N2O4. The second-order valence-corrected chi connectivity index (χ2v) is 3.85. The van der Waals surface area contributed by atoms with Gasteiger partial charge in [0.1, 0.15) is 0 Å². The van der Waals surface area contributed by atoms with Crippen LogP contribution in [0, 0.1) is 0 Å². The number of anilines is 1. The van der Waals surface area contributed by atoms with Crippen LogP contribution in [-0.2, 0) is 0 Å². The van der Waals surface area contributed by atoms with Gasteiger partial charge in [0.15, 0.2) is 11.5 Å². The predicted molar refractivity (Wildman–Crippen MR) is 68.0 cm³/mol. The Balaban J connectivity index is 2.98. The van der Waals surface area contributed by atoms with E-state index in [9.17, 15) is 4.79 Å². The van der Waals surface area contributed by atoms with E-state index in [1.165, 1.54) is 26.4 Å². The smallest absolute Gasteiger partial charge is 0.253 e. The maximum Gasteiger partial charge on any atom is 0.253 e. The Morgan fingerprint density at radius 3 is 2.44 bits per heavy atom. The SMILES string of the molecule is COc1cc(N)c(C(=O)NC[C@H](C)O)cc1OC. The number of hydrogen-bond acceptors (Lipinski definition) is 5. The first-order valence-corrected chi connectivity index (χ1v) is 5.47. The average Bonchev–Trinajstić information content (AvgIpc) is 2.35. The lowest BCUT2D eigenvalue weighted by atomic mass is 10.1. The molecule has 0 aliphatic carbocycles. The molecule has 1 amide bonds. The predicted octanol–water partition coefficient (Wildman–Crippen LogP) is 0.397. The number of methoxy groups -OCH3 is 2. The maximum absolute atomic E-state index is 11.8. The Bertz CT molecular complexity index is 432. The van der Waals surface area contributed by atoms with Crippen LogP contribution in [0.15, 0.2) is 12.1 Å². The van der Waals surface area contributed by atoms with E-state index in [1.807, 2.05) is 0 Å². The van der Waals surface area contributed by atoms with Gasteiger partial charge in [-0.05, 0) is 13.0 Å². The Labute approximate surface area is 106 Å². The number of ether oxygens (including phenoxy) is 2. The number of aliphatic hydroxyl groups is 1. The third kappa shape index (κ3) is 3.27. The average molecular weight is 254 g/mol. The third-order valence-corrected chi connectivity index (χ3v) is 2.36. The minimum Gasteiger partial charge on any atom is -0.493 e. The molecule has 6 heteroatoms. The summed E-state index contributed by atoms with van der Waals surface area (Å²) >= 11 is 0. The van der Waals surface area contributed by atoms with Crippen LogP contribution in [0.25, 0.3) is 0 Å². The summed E-state index contributed by atoms with van der Waals surface area (Å²) in [6.07, 6.45) is -0.615. The van der Waals surface area contributed by atoms with Crippen molar-refractivity contribution >= 4 is 11.6 Å². The van der Waals surface area contributed by atoms with Crippen LogP contribution in [0.1, 0.15) is 17.3 Å². The highest BCUT2D eigenvalue weighted by Gasteiger charge is 2.15. The molecule has 100 valence electrons. The number of aliphatic hydroxyl groups excluding tert-OH is 1. The summed E-state index contributed by atoms with van der Waals surface area (Å²) in [7, 11) is 2.97. The number of rotatable bonds is 5. The lowest BCUT2D eigenvalue weighted by Crippen LogP contribution is -2.31. The molecule has 0 saturated carbocycles. The van der Waals surface area contributed by atoms with Crippen molar-refractivity contribution in [3.8, 4) is 11.5 Å². The van der Waals surface area contributed by atoms with E-state index in [1.54, 1.807) is 6.92 Å². The summed E-state index contributed by atoms with van der Waals surface area (Å²) in [5.74, 6) is 0.519. The van der Waals surface area contributed by atoms with E-state index < -0.39 is 6.10 Å². The molecule has 0 heterocycles. The molecule has 0 radical (unpaired) electrons. The number of carbonyl (C=O) groups is 1. The molecule has 1 aromatic rings. The topological polar surface area (TPSA) is 93.8 Å². The van der Waals surface area contributed by atoms with Gasteiger partial charge in [-0.15, -0.1) is 0 Å². The molecule has 0 spiro atoms. The van der Waals surface area contributed by atoms with E-state index in [0.717, 1.165) is 0 Å². The van der Waals surface area contributed by atoms with Crippen LogP contribution >= 0.6 is 0 Å². The summed E-state index contributed by atoms with van der Waals surface area (Å²) in [5, 5.41) is 11.7. The Morgan fingerprint density at radius 1 is 1.39 bits per heavy atom. The van der Waals surface area contributed by atoms with Gasteiger partial charge in [-0.2, -0.15) is 0 Å². The Kier molecular flexibility index (Phi) is 4.79. The standard InChI is InChI=1S/C12H18N2O4/c1-7(15)6-14-12(16)8-4-10(17-2)11(18-3)5-9(8)13/h4-5,7,15H,6,13H2,1-3H3,(H,14,16)/t7-/m0/s1. The van der Waals surface area contributed by atoms with Crippen molar-refractivity contribution in [2.75, 3.05) is 26.5 Å². The monoisotopic (exact) mass is 254 g/mol. The molecule has 0 bridgehead atoms. The zero-order valence-corrected chi connectivity index (χ0v) is 10.7. The fourth-order valence-corrected chi connectivity index (χ4v) is 1.43. The van der Waals surface area contributed by atoms with E-state index in [0.29, 0.717) is 11.5 Å². The number of benzene rings is 1. The van der Waals surface area contributed by atoms with Crippen LogP contribution in [0.2, 0.25) is 0 Å². The summed E-state index contributed by atoms with van der Waals surface area (Å²) < 4.78 is 10.2. The van der Waals surface area contributed by atoms with Crippen LogP contribution in [0.4, 0.5) is 5.69 Å². The molecule has 1 atom stereocenters. The minimum absolute atomic E-state index is 0.159. The minimum atomic E-state index is -0.615. The number of carbonyl (C=O) groups excluding carboxylic acids is 1. The highest BCUT2D eigenvalue weighted by Crippen LogP contribution is 2.31. The highest BCUT2D eigenvalue weighted by molar-refractivity contribution is 6.00. The molecule has 0 aromatic heterocycles. The second-order valence-electron chi connectivity index (χ2n) is 3.85. The molecule has 4 N–H and O–H groups in total. The zero-order valence-electron chi connectivity index (χ0n) is 10.7. The summed E-state index contributed by atoms with van der Waals surface area (Å²) in [5.41, 5.74) is 6.34. The van der Waals surface area contributed by atoms with Crippen molar-refractivity contribution in [2.45, 2.75) is 13.0 Å². The number of nitrogen functional groups attached to an aromatic ring is 1. The van der Waals surface area contributed by atoms with Crippen molar-refractivity contribution in [1.82, 2.24) is 5.32 Å². The molecule has 6 nitrogen and oxygen atoms in total. The molecule has 0 unspecified atom stereocenters. The molecule has 1 rings (SSSR count). The fourth-order valence-electron chi connectivity index (χ4n) is 1.43. The third-order valence-electron chi connectivity index (χ3n) is 2.36. The van der Waals surface area contributed by atoms with Crippen molar-refractivity contribution < 1.29 is 19.4 Å². The van der Waals surface area contributed by atoms with Crippen molar-refractivity contribution in [3.05, 3.63) is 17.7 Å². The van der Waals surface area contributed by atoms with Gasteiger partial charge in [-0.3, -0.25) is 4.79 Å². The van der Waals surface area contributed by atoms with Crippen molar-refractivity contribution in [1.29, 1.82) is 0 Å². The van der Waals surface area contributed by atoms with Gasteiger partial charge in [0, 0.05) is 18.3 Å². The summed E-state index contributed by atoms with van der Waals surface area (Å²) in [6.45, 7) is 1.74. The summed E-state index contributed by atoms with van der Waals surface area (Å²) in [4.78, 5) is 11.8. The number of nitrogens with two attached hydrogens (primary N) is 1. The molecule has 0 aliphatic rings. The molecule has 1 aromatic carbocycles. The van der Waals surface area contributed by atoms with Crippen molar-refractivity contribution in [2.24, 2.45) is 0 Å². The van der Waals surface area contributed by atoms with Crippen molar-refractivity contribution in [3.63, 3.8) is 0 Å². The molecule has 0 saturated heterocycles. The lowest BCUT2D eigenvalue weighted by molar-refractivity contribution is 0.0924. The van der Waals surface area contributed by atoms with E-state index in [4.69, 9.17) is 20.3 Å². The first-order valence-electron chi connectivity index (χ1n) is 5.47. The second kappa shape index (κ2) is 6.11. The van der Waals surface area contributed by atoms with Gasteiger partial charge < -0.3 is 25.6 Å². The van der Waals surface area contributed by atoms with Crippen LogP contribution < -0.4 is 20.5 Å². The molecule has 18 heavy (non-hydrogen) atoms. The van der Waals surface area contributed by atoms with Crippen LogP contribution in [-0.4, -0.2) is 37.9 Å². The normalized spacial score (nSPS) is 11.8. The number of nitrogens with one attached hydrogen (secondary N) is 1. The Hall–Kier alpha value is -1.95. The largest absolute Gasteiger partial charge is 0.493 e. The molecular weight excluding hydrogens is 236 g/mol. The van der Waals surface area contributed by atoms with Crippen LogP contribution in [0.5, 0.6) is 11.5 Å². The first kappa shape index (κ1) is 14.1. The van der Waals surface area contributed by atoms with Gasteiger partial charge in [0.25, 0.3) is 5.91 Å². The van der Waals surface area contributed by atoms with E-state index in [2.05, 4.69) is 5.32 Å². The highest BCUT2D eigenvalue weighted by atomic mass is 16.5. The first-order chi connectivity index (χ1) is 8.49. The van der Waals surface area contributed by atoms with Gasteiger partial charge in [0.2, 0.25) is 0 Å². The lowest BCUT2D eigenvalue weighted by Gasteiger charge is -2.13. The Morgan fingerprint density at radius 2 is 1.94 bits per heavy atom.